The van der Waals surface area contributed by atoms with Gasteiger partial charge in [0, 0.05) is 25.0 Å². The van der Waals surface area contributed by atoms with Crippen molar-refractivity contribution in [1.29, 1.82) is 0 Å². The number of rotatable bonds is 10. The average molecular weight is 324 g/mol. The van der Waals surface area contributed by atoms with Crippen LogP contribution < -0.4 is 5.11 Å². The van der Waals surface area contributed by atoms with E-state index in [1.165, 1.54) is 0 Å². The summed E-state index contributed by atoms with van der Waals surface area (Å²) in [5.74, 6) is -2.46. The number of hydrogen-bond donors (Lipinski definition) is 0. The van der Waals surface area contributed by atoms with Gasteiger partial charge in [0.25, 0.3) is 0 Å². The standard InChI is InChI=1S/C18H31NO4/c1-3-5-7-11-19(12-8-6-4-2)17(20)15-13-9-10-14(23-13)16(15)18(21)22/h13-16H,3-12H2,1-2H3,(H,21,22)/p-1/t13-,14+,15-,16+/m1/s1. The van der Waals surface area contributed by atoms with Crippen molar-refractivity contribution < 1.29 is 19.4 Å². The molecule has 0 aromatic carbocycles. The summed E-state index contributed by atoms with van der Waals surface area (Å²) in [6.07, 6.45) is 7.33. The van der Waals surface area contributed by atoms with E-state index in [1.807, 2.05) is 4.90 Å². The molecule has 2 aliphatic rings. The van der Waals surface area contributed by atoms with Gasteiger partial charge in [-0.2, -0.15) is 0 Å². The van der Waals surface area contributed by atoms with Gasteiger partial charge in [0.15, 0.2) is 0 Å². The Balaban J connectivity index is 2.03. The summed E-state index contributed by atoms with van der Waals surface area (Å²) in [4.78, 5) is 26.4. The normalized spacial score (nSPS) is 29.0. The lowest BCUT2D eigenvalue weighted by molar-refractivity contribution is -0.314. The van der Waals surface area contributed by atoms with E-state index in [9.17, 15) is 14.7 Å². The molecule has 2 aliphatic heterocycles. The molecule has 5 heteroatoms. The number of carboxylic acid groups (broad SMARTS) is 1. The van der Waals surface area contributed by atoms with Crippen LogP contribution in [0.15, 0.2) is 0 Å². The van der Waals surface area contributed by atoms with Crippen LogP contribution in [0.3, 0.4) is 0 Å². The lowest BCUT2D eigenvalue weighted by atomic mass is 9.78. The number of carbonyl (C=O) groups excluding carboxylic acids is 2. The Morgan fingerprint density at radius 3 is 1.96 bits per heavy atom. The summed E-state index contributed by atoms with van der Waals surface area (Å²) in [6.45, 7) is 5.73. The van der Waals surface area contributed by atoms with Gasteiger partial charge in [-0.15, -0.1) is 0 Å². The summed E-state index contributed by atoms with van der Waals surface area (Å²) >= 11 is 0. The molecule has 0 unspecified atom stereocenters. The van der Waals surface area contributed by atoms with Crippen LogP contribution in [0.25, 0.3) is 0 Å². The molecule has 0 aliphatic carbocycles. The Bertz CT molecular complexity index is 402. The van der Waals surface area contributed by atoms with Gasteiger partial charge in [0.05, 0.1) is 18.1 Å². The lowest BCUT2D eigenvalue weighted by Crippen LogP contribution is -2.49. The first-order chi connectivity index (χ1) is 11.1. The van der Waals surface area contributed by atoms with Crippen LogP contribution in [0, 0.1) is 11.8 Å². The van der Waals surface area contributed by atoms with Crippen molar-refractivity contribution in [3.63, 3.8) is 0 Å². The van der Waals surface area contributed by atoms with Gasteiger partial charge in [-0.1, -0.05) is 39.5 Å². The summed E-state index contributed by atoms with van der Waals surface area (Å²) in [5.41, 5.74) is 0. The van der Waals surface area contributed by atoms with Crippen LogP contribution in [-0.2, 0) is 14.3 Å². The van der Waals surface area contributed by atoms with Crippen LogP contribution >= 0.6 is 0 Å². The van der Waals surface area contributed by atoms with Crippen molar-refractivity contribution in [3.8, 4) is 0 Å². The Morgan fingerprint density at radius 1 is 0.957 bits per heavy atom. The molecular formula is C18H30NO4-. The Hall–Kier alpha value is -1.10. The number of carboxylic acids is 1. The summed E-state index contributed by atoms with van der Waals surface area (Å²) in [6, 6.07) is 0. The summed E-state index contributed by atoms with van der Waals surface area (Å²) in [7, 11) is 0. The maximum Gasteiger partial charge on any atom is 0.229 e. The number of aliphatic carboxylic acids is 1. The van der Waals surface area contributed by atoms with E-state index in [4.69, 9.17) is 4.74 Å². The zero-order chi connectivity index (χ0) is 16.8. The third kappa shape index (κ3) is 4.25. The fraction of sp³-hybridized carbons (Fsp3) is 0.889. The second-order valence-electron chi connectivity index (χ2n) is 6.90. The molecule has 132 valence electrons. The minimum Gasteiger partial charge on any atom is -0.550 e. The number of nitrogens with zero attached hydrogens (tertiary/aromatic N) is 1. The third-order valence-electron chi connectivity index (χ3n) is 5.21. The predicted octanol–water partition coefficient (Wildman–Crippen LogP) is 1.74. The van der Waals surface area contributed by atoms with E-state index in [0.717, 1.165) is 64.5 Å². The Labute approximate surface area is 139 Å². The Morgan fingerprint density at radius 2 is 1.48 bits per heavy atom. The number of ether oxygens (including phenoxy) is 1. The molecule has 0 aromatic heterocycles. The van der Waals surface area contributed by atoms with Crippen LogP contribution in [0.2, 0.25) is 0 Å². The molecule has 2 bridgehead atoms. The van der Waals surface area contributed by atoms with Gasteiger partial charge in [0.2, 0.25) is 5.91 Å². The highest BCUT2D eigenvalue weighted by Gasteiger charge is 2.53. The second-order valence-corrected chi connectivity index (χ2v) is 6.90. The molecular weight excluding hydrogens is 294 g/mol. The highest BCUT2D eigenvalue weighted by atomic mass is 16.5. The molecule has 0 saturated carbocycles. The molecule has 5 nitrogen and oxygen atoms in total. The van der Waals surface area contributed by atoms with Crippen molar-refractivity contribution in [2.75, 3.05) is 13.1 Å². The predicted molar refractivity (Wildman–Crippen MR) is 85.5 cm³/mol. The first kappa shape index (κ1) is 18.2. The highest BCUT2D eigenvalue weighted by Crippen LogP contribution is 2.44. The smallest absolute Gasteiger partial charge is 0.229 e. The van der Waals surface area contributed by atoms with Gasteiger partial charge < -0.3 is 19.5 Å². The molecule has 0 spiro atoms. The zero-order valence-electron chi connectivity index (χ0n) is 14.5. The number of fused-ring (bicyclic) bond motifs is 2. The van der Waals surface area contributed by atoms with Gasteiger partial charge in [-0.3, -0.25) is 4.79 Å². The number of hydrogen-bond acceptors (Lipinski definition) is 4. The molecule has 0 radical (unpaired) electrons. The second kappa shape index (κ2) is 8.67. The monoisotopic (exact) mass is 324 g/mol. The van der Waals surface area contributed by atoms with Crippen molar-refractivity contribution in [1.82, 2.24) is 4.90 Å². The number of amides is 1. The van der Waals surface area contributed by atoms with Crippen molar-refractivity contribution in [2.45, 2.75) is 77.4 Å². The molecule has 2 saturated heterocycles. The Kier molecular flexibility index (Phi) is 6.88. The summed E-state index contributed by atoms with van der Waals surface area (Å²) < 4.78 is 5.71. The van der Waals surface area contributed by atoms with E-state index in [0.29, 0.717) is 0 Å². The van der Waals surface area contributed by atoms with Crippen molar-refractivity contribution in [2.24, 2.45) is 11.8 Å². The number of unbranched alkanes of at least 4 members (excludes halogenated alkanes) is 4. The van der Waals surface area contributed by atoms with Crippen molar-refractivity contribution >= 4 is 11.9 Å². The largest absolute Gasteiger partial charge is 0.550 e. The van der Waals surface area contributed by atoms with Gasteiger partial charge in [0.1, 0.15) is 0 Å². The molecule has 1 amide bonds. The number of carbonyl (C=O) groups is 2. The van der Waals surface area contributed by atoms with E-state index in [-0.39, 0.29) is 18.1 Å². The SMILES string of the molecule is CCCCCN(CCCCC)C(=O)[C@H]1[C@@H](C(=O)[O-])[C@@H]2CC[C@H]1O2. The summed E-state index contributed by atoms with van der Waals surface area (Å²) in [5, 5.41) is 11.5. The molecule has 23 heavy (non-hydrogen) atoms. The maximum absolute atomic E-state index is 13.0. The maximum atomic E-state index is 13.0. The van der Waals surface area contributed by atoms with Crippen molar-refractivity contribution in [3.05, 3.63) is 0 Å². The molecule has 4 atom stereocenters. The topological polar surface area (TPSA) is 69.7 Å². The minimum absolute atomic E-state index is 0.0291. The van der Waals surface area contributed by atoms with Gasteiger partial charge >= 0.3 is 0 Å². The molecule has 0 aromatic rings. The minimum atomic E-state index is -1.13. The fourth-order valence-electron chi connectivity index (χ4n) is 3.94. The molecule has 0 N–H and O–H groups in total. The quantitative estimate of drug-likeness (QED) is 0.574. The first-order valence-electron chi connectivity index (χ1n) is 9.25. The highest BCUT2D eigenvalue weighted by molar-refractivity contribution is 5.86. The lowest BCUT2D eigenvalue weighted by Gasteiger charge is -2.33. The third-order valence-corrected chi connectivity index (χ3v) is 5.21. The van der Waals surface area contributed by atoms with Crippen LogP contribution in [0.1, 0.15) is 65.2 Å². The first-order valence-corrected chi connectivity index (χ1v) is 9.25. The average Bonchev–Trinajstić information content (AvgIpc) is 3.14. The van der Waals surface area contributed by atoms with E-state index in [1.54, 1.807) is 0 Å². The van der Waals surface area contributed by atoms with Crippen LogP contribution in [0.5, 0.6) is 0 Å². The zero-order valence-corrected chi connectivity index (χ0v) is 14.5. The molecule has 2 heterocycles. The molecule has 2 rings (SSSR count). The van der Waals surface area contributed by atoms with E-state index < -0.39 is 17.8 Å². The van der Waals surface area contributed by atoms with Crippen LogP contribution in [0.4, 0.5) is 0 Å². The van der Waals surface area contributed by atoms with E-state index >= 15 is 0 Å². The van der Waals surface area contributed by atoms with Gasteiger partial charge in [-0.25, -0.2) is 0 Å². The van der Waals surface area contributed by atoms with Crippen LogP contribution in [-0.4, -0.2) is 42.1 Å². The van der Waals surface area contributed by atoms with E-state index in [2.05, 4.69) is 13.8 Å². The molecule has 2 fully saturated rings. The fourth-order valence-corrected chi connectivity index (χ4v) is 3.94. The van der Waals surface area contributed by atoms with Gasteiger partial charge in [-0.05, 0) is 25.7 Å².